The molecule has 0 spiro atoms. The molecule has 2 heterocycles. The van der Waals surface area contributed by atoms with Crippen LogP contribution in [0, 0.1) is 4.91 Å². The van der Waals surface area contributed by atoms with Gasteiger partial charge in [-0.25, -0.2) is 0 Å². The Morgan fingerprint density at radius 3 is 2.57 bits per heavy atom. The van der Waals surface area contributed by atoms with E-state index in [9.17, 15) is 4.91 Å². The van der Waals surface area contributed by atoms with Crippen molar-refractivity contribution in [1.29, 1.82) is 0 Å². The molecule has 0 aliphatic heterocycles. The number of hydrogen-bond donors (Lipinski definition) is 2. The molecular formula is C29H43N5O. The Bertz CT molecular complexity index is 998. The number of pyridine rings is 1. The topological polar surface area (TPSA) is 73.4 Å². The van der Waals surface area contributed by atoms with Gasteiger partial charge in [0.25, 0.3) is 0 Å². The molecule has 0 aliphatic rings. The molecule has 2 aromatic heterocycles. The SMILES string of the molecule is C/C=C(\C)N=O.CCCC(CC)NCCCCN(Cc1ccncc1)Cc1c[nH]c2ccccc12. The van der Waals surface area contributed by atoms with Gasteiger partial charge in [-0.15, -0.1) is 4.91 Å². The van der Waals surface area contributed by atoms with Gasteiger partial charge in [0.1, 0.15) is 0 Å². The number of aromatic amines is 1. The smallest absolute Gasteiger partial charge is 0.0775 e. The average Bonchev–Trinajstić information content (AvgIpc) is 3.31. The van der Waals surface area contributed by atoms with Crippen LogP contribution in [0.5, 0.6) is 0 Å². The van der Waals surface area contributed by atoms with E-state index in [4.69, 9.17) is 0 Å². The van der Waals surface area contributed by atoms with E-state index in [1.54, 1.807) is 19.9 Å². The molecular weight excluding hydrogens is 434 g/mol. The summed E-state index contributed by atoms with van der Waals surface area (Å²) in [4.78, 5) is 19.6. The van der Waals surface area contributed by atoms with Crippen molar-refractivity contribution in [3.63, 3.8) is 0 Å². The molecule has 1 unspecified atom stereocenters. The number of nitrogens with zero attached hydrogens (tertiary/aromatic N) is 3. The van der Waals surface area contributed by atoms with Crippen LogP contribution in [-0.2, 0) is 13.1 Å². The van der Waals surface area contributed by atoms with Crippen LogP contribution in [0.15, 0.2) is 71.9 Å². The number of H-pyrrole nitrogens is 1. The molecule has 0 radical (unpaired) electrons. The zero-order valence-electron chi connectivity index (χ0n) is 22.0. The van der Waals surface area contributed by atoms with Gasteiger partial charge in [-0.05, 0) is 87.1 Å². The Morgan fingerprint density at radius 2 is 1.91 bits per heavy atom. The number of para-hydroxylation sites is 1. The van der Waals surface area contributed by atoms with E-state index in [1.165, 1.54) is 54.1 Å². The minimum absolute atomic E-state index is 0.537. The highest BCUT2D eigenvalue weighted by atomic mass is 16.3. The fraction of sp³-hybridized carbons (Fsp3) is 0.483. The maximum Gasteiger partial charge on any atom is 0.0775 e. The summed E-state index contributed by atoms with van der Waals surface area (Å²) in [6, 6.07) is 13.5. The van der Waals surface area contributed by atoms with Crippen LogP contribution in [0.1, 0.15) is 70.9 Å². The molecule has 3 aromatic rings. The number of hydrogen-bond acceptors (Lipinski definition) is 5. The Labute approximate surface area is 211 Å². The number of allylic oxidation sites excluding steroid dienone is 2. The highest BCUT2D eigenvalue weighted by Gasteiger charge is 2.11. The van der Waals surface area contributed by atoms with E-state index in [2.05, 4.69) is 81.8 Å². The predicted molar refractivity (Wildman–Crippen MR) is 148 cm³/mol. The number of unbranched alkanes of at least 4 members (excludes halogenated alkanes) is 1. The summed E-state index contributed by atoms with van der Waals surface area (Å²) in [5, 5.41) is 7.68. The molecule has 1 aromatic carbocycles. The van der Waals surface area contributed by atoms with Gasteiger partial charge in [0.2, 0.25) is 0 Å². The molecule has 0 saturated heterocycles. The standard InChI is InChI=1S/C25H36N4.C4H7NO/c1-3-9-23(4-2)27-14-7-8-17-29(19-21-12-15-26-16-13-21)20-22-18-28-25-11-6-5-10-24(22)25;1-3-4(2)5-6/h5-6,10-13,15-16,18,23,27-28H,3-4,7-9,14,17,19-20H2,1-2H3;3H,1-2H3/b;4-3+. The predicted octanol–water partition coefficient (Wildman–Crippen LogP) is 7.19. The van der Waals surface area contributed by atoms with Crippen molar-refractivity contribution < 1.29 is 0 Å². The first-order chi connectivity index (χ1) is 17.1. The van der Waals surface area contributed by atoms with Crippen LogP contribution in [0.4, 0.5) is 0 Å². The van der Waals surface area contributed by atoms with Crippen LogP contribution in [0.25, 0.3) is 10.9 Å². The van der Waals surface area contributed by atoms with Crippen molar-refractivity contribution in [2.45, 2.75) is 78.9 Å². The molecule has 0 fully saturated rings. The van der Waals surface area contributed by atoms with E-state index in [1.807, 2.05) is 12.4 Å². The number of fused-ring (bicyclic) bond motifs is 1. The lowest BCUT2D eigenvalue weighted by molar-refractivity contribution is 0.251. The van der Waals surface area contributed by atoms with Gasteiger partial charge in [0.05, 0.1) is 5.70 Å². The third-order valence-corrected chi connectivity index (χ3v) is 6.25. The Balaban J connectivity index is 0.000000641. The van der Waals surface area contributed by atoms with Gasteiger partial charge in [0.15, 0.2) is 0 Å². The summed E-state index contributed by atoms with van der Waals surface area (Å²) in [6.45, 7) is 12.1. The average molecular weight is 478 g/mol. The Morgan fingerprint density at radius 1 is 1.14 bits per heavy atom. The van der Waals surface area contributed by atoms with Crippen molar-refractivity contribution >= 4 is 10.9 Å². The lowest BCUT2D eigenvalue weighted by Gasteiger charge is -2.23. The highest BCUT2D eigenvalue weighted by Crippen LogP contribution is 2.20. The number of rotatable bonds is 14. The summed E-state index contributed by atoms with van der Waals surface area (Å²) in [6.07, 6.45) is 13.8. The first kappa shape index (κ1) is 28.4. The number of aromatic nitrogens is 2. The lowest BCUT2D eigenvalue weighted by Crippen LogP contribution is -2.30. The Kier molecular flexibility index (Phi) is 13.6. The fourth-order valence-electron chi connectivity index (χ4n) is 4.08. The molecule has 0 amide bonds. The molecule has 0 bridgehead atoms. The number of nitrogens with one attached hydrogen (secondary N) is 2. The third-order valence-electron chi connectivity index (χ3n) is 6.25. The first-order valence-corrected chi connectivity index (χ1v) is 13.0. The number of benzene rings is 1. The summed E-state index contributed by atoms with van der Waals surface area (Å²) in [5.41, 5.74) is 4.46. The molecule has 0 aliphatic carbocycles. The fourth-order valence-corrected chi connectivity index (χ4v) is 4.08. The summed E-state index contributed by atoms with van der Waals surface area (Å²) < 4.78 is 0. The van der Waals surface area contributed by atoms with E-state index in [-0.39, 0.29) is 0 Å². The maximum atomic E-state index is 9.42. The highest BCUT2D eigenvalue weighted by molar-refractivity contribution is 5.82. The second kappa shape index (κ2) is 16.7. The van der Waals surface area contributed by atoms with Crippen LogP contribution in [0.2, 0.25) is 0 Å². The van der Waals surface area contributed by atoms with E-state index >= 15 is 0 Å². The molecule has 6 heteroatoms. The second-order valence-electron chi connectivity index (χ2n) is 9.00. The second-order valence-corrected chi connectivity index (χ2v) is 9.00. The van der Waals surface area contributed by atoms with E-state index < -0.39 is 0 Å². The molecule has 0 saturated carbocycles. The summed E-state index contributed by atoms with van der Waals surface area (Å²) in [7, 11) is 0. The monoisotopic (exact) mass is 477 g/mol. The molecule has 1 atom stereocenters. The van der Waals surface area contributed by atoms with E-state index in [0.717, 1.165) is 26.2 Å². The van der Waals surface area contributed by atoms with Gasteiger partial charge in [-0.1, -0.05) is 44.5 Å². The summed E-state index contributed by atoms with van der Waals surface area (Å²) in [5.74, 6) is 0. The van der Waals surface area contributed by atoms with Gasteiger partial charge in [-0.2, -0.15) is 0 Å². The minimum Gasteiger partial charge on any atom is -0.361 e. The van der Waals surface area contributed by atoms with Crippen molar-refractivity contribution in [1.82, 2.24) is 20.2 Å². The largest absolute Gasteiger partial charge is 0.361 e. The van der Waals surface area contributed by atoms with Crippen molar-refractivity contribution in [3.8, 4) is 0 Å². The van der Waals surface area contributed by atoms with Crippen molar-refractivity contribution in [2.24, 2.45) is 5.18 Å². The zero-order chi connectivity index (χ0) is 25.3. The number of nitroso groups, excluding NO2 is 1. The van der Waals surface area contributed by atoms with Crippen molar-refractivity contribution in [3.05, 3.63) is 82.8 Å². The molecule has 2 N–H and O–H groups in total. The third kappa shape index (κ3) is 10.5. The van der Waals surface area contributed by atoms with Gasteiger partial charge < -0.3 is 10.3 Å². The normalized spacial score (nSPS) is 12.4. The molecule has 190 valence electrons. The van der Waals surface area contributed by atoms with Crippen molar-refractivity contribution in [2.75, 3.05) is 13.1 Å². The van der Waals surface area contributed by atoms with Gasteiger partial charge in [-0.3, -0.25) is 9.88 Å². The Hall–Kier alpha value is -2.83. The first-order valence-electron chi connectivity index (χ1n) is 13.0. The van der Waals surface area contributed by atoms with Crippen LogP contribution < -0.4 is 5.32 Å². The van der Waals surface area contributed by atoms with E-state index in [0.29, 0.717) is 11.7 Å². The van der Waals surface area contributed by atoms with Crippen LogP contribution in [-0.4, -0.2) is 34.0 Å². The molecule has 3 rings (SSSR count). The molecule has 35 heavy (non-hydrogen) atoms. The lowest BCUT2D eigenvalue weighted by atomic mass is 10.1. The quantitative estimate of drug-likeness (QED) is 0.190. The molecule has 6 nitrogen and oxygen atoms in total. The summed E-state index contributed by atoms with van der Waals surface area (Å²) >= 11 is 0. The zero-order valence-corrected chi connectivity index (χ0v) is 22.0. The van der Waals surface area contributed by atoms with Crippen LogP contribution in [0.3, 0.4) is 0 Å². The minimum atomic E-state index is 0.537. The van der Waals surface area contributed by atoms with Crippen LogP contribution >= 0.6 is 0 Å². The maximum absolute atomic E-state index is 9.42. The van der Waals surface area contributed by atoms with Gasteiger partial charge >= 0.3 is 0 Å². The van der Waals surface area contributed by atoms with Gasteiger partial charge in [0, 0.05) is 48.6 Å².